The number of aryl methyl sites for hydroxylation is 2. The van der Waals surface area contributed by atoms with Crippen molar-refractivity contribution in [3.05, 3.63) is 77.9 Å². The maximum atomic E-state index is 12.6. The molecule has 0 aliphatic carbocycles. The molecule has 2 aromatic carbocycles. The van der Waals surface area contributed by atoms with Crippen molar-refractivity contribution in [1.82, 2.24) is 14.9 Å². The fourth-order valence-electron chi connectivity index (χ4n) is 2.78. The number of nitrogens with zero attached hydrogens (tertiary/aromatic N) is 2. The third kappa shape index (κ3) is 3.85. The van der Waals surface area contributed by atoms with Crippen LogP contribution in [0.15, 0.2) is 60.9 Å². The minimum absolute atomic E-state index is 0.312. The van der Waals surface area contributed by atoms with E-state index in [0.29, 0.717) is 11.6 Å². The van der Waals surface area contributed by atoms with Crippen LogP contribution in [0.2, 0.25) is 0 Å². The number of imidazole rings is 1. The number of methoxy groups -OCH3 is 1. The summed E-state index contributed by atoms with van der Waals surface area (Å²) in [4.78, 5) is 17.0. The second kappa shape index (κ2) is 7.74. The first-order valence-electron chi connectivity index (χ1n) is 8.33. The van der Waals surface area contributed by atoms with Crippen LogP contribution in [0.5, 0.6) is 5.75 Å². The van der Waals surface area contributed by atoms with Crippen molar-refractivity contribution >= 4 is 11.7 Å². The lowest BCUT2D eigenvalue weighted by Crippen LogP contribution is -2.34. The summed E-state index contributed by atoms with van der Waals surface area (Å²) in [6.07, 6.45) is 3.55. The molecule has 0 radical (unpaired) electrons. The number of ether oxygens (including phenoxy) is 1. The number of para-hydroxylation sites is 1. The lowest BCUT2D eigenvalue weighted by Gasteiger charge is -2.21. The first-order chi connectivity index (χ1) is 12.6. The van der Waals surface area contributed by atoms with Gasteiger partial charge in [0.2, 0.25) is 0 Å². The number of benzene rings is 2. The van der Waals surface area contributed by atoms with Gasteiger partial charge in [-0.2, -0.15) is 0 Å². The molecule has 2 amide bonds. The van der Waals surface area contributed by atoms with Crippen LogP contribution in [0.25, 0.3) is 0 Å². The SMILES string of the molecule is COc1ccccc1[C@@H](NC(=O)Nc1ccc(C)cc1)c1nccn1C. The maximum absolute atomic E-state index is 12.6. The molecule has 2 N–H and O–H groups in total. The highest BCUT2D eigenvalue weighted by Gasteiger charge is 2.23. The Hall–Kier alpha value is -3.28. The Morgan fingerprint density at radius 1 is 1.15 bits per heavy atom. The average molecular weight is 350 g/mol. The van der Waals surface area contributed by atoms with Gasteiger partial charge in [0, 0.05) is 30.7 Å². The van der Waals surface area contributed by atoms with Gasteiger partial charge in [-0.05, 0) is 25.1 Å². The van der Waals surface area contributed by atoms with E-state index in [0.717, 1.165) is 16.8 Å². The van der Waals surface area contributed by atoms with Gasteiger partial charge in [-0.1, -0.05) is 35.9 Å². The van der Waals surface area contributed by atoms with E-state index in [4.69, 9.17) is 4.74 Å². The summed E-state index contributed by atoms with van der Waals surface area (Å²) in [7, 11) is 3.50. The number of amides is 2. The summed E-state index contributed by atoms with van der Waals surface area (Å²) in [5.41, 5.74) is 2.70. The Labute approximate surface area is 152 Å². The number of hydrogen-bond acceptors (Lipinski definition) is 3. The van der Waals surface area contributed by atoms with E-state index < -0.39 is 6.04 Å². The smallest absolute Gasteiger partial charge is 0.320 e. The van der Waals surface area contributed by atoms with Crippen LogP contribution in [0.4, 0.5) is 10.5 Å². The number of carbonyl (C=O) groups is 1. The van der Waals surface area contributed by atoms with E-state index in [1.165, 1.54) is 0 Å². The van der Waals surface area contributed by atoms with Crippen LogP contribution < -0.4 is 15.4 Å². The molecule has 1 atom stereocenters. The molecule has 0 saturated heterocycles. The number of rotatable bonds is 5. The number of anilines is 1. The molecule has 1 aromatic heterocycles. The monoisotopic (exact) mass is 350 g/mol. The van der Waals surface area contributed by atoms with Crippen LogP contribution in [0, 0.1) is 6.92 Å². The van der Waals surface area contributed by atoms with E-state index in [-0.39, 0.29) is 6.03 Å². The summed E-state index contributed by atoms with van der Waals surface area (Å²) >= 11 is 0. The molecular weight excluding hydrogens is 328 g/mol. The van der Waals surface area contributed by atoms with E-state index in [1.807, 2.05) is 73.3 Å². The highest BCUT2D eigenvalue weighted by Crippen LogP contribution is 2.29. The Balaban J connectivity index is 1.88. The van der Waals surface area contributed by atoms with E-state index in [2.05, 4.69) is 15.6 Å². The van der Waals surface area contributed by atoms with Crippen molar-refractivity contribution in [2.45, 2.75) is 13.0 Å². The fraction of sp³-hybridized carbons (Fsp3) is 0.200. The summed E-state index contributed by atoms with van der Waals surface area (Å²) in [6, 6.07) is 14.5. The fourth-order valence-corrected chi connectivity index (χ4v) is 2.78. The first kappa shape index (κ1) is 17.5. The first-order valence-corrected chi connectivity index (χ1v) is 8.33. The van der Waals surface area contributed by atoms with Gasteiger partial charge in [0.25, 0.3) is 0 Å². The molecule has 6 heteroatoms. The molecule has 3 aromatic rings. The predicted molar refractivity (Wildman–Crippen MR) is 101 cm³/mol. The second-order valence-electron chi connectivity index (χ2n) is 6.04. The van der Waals surface area contributed by atoms with Crippen molar-refractivity contribution in [2.75, 3.05) is 12.4 Å². The van der Waals surface area contributed by atoms with Crippen molar-refractivity contribution in [2.24, 2.45) is 7.05 Å². The van der Waals surface area contributed by atoms with E-state index in [9.17, 15) is 4.79 Å². The van der Waals surface area contributed by atoms with Crippen LogP contribution in [0.3, 0.4) is 0 Å². The number of carbonyl (C=O) groups excluding carboxylic acids is 1. The third-order valence-electron chi connectivity index (χ3n) is 4.15. The lowest BCUT2D eigenvalue weighted by molar-refractivity contribution is 0.249. The quantitative estimate of drug-likeness (QED) is 0.738. The van der Waals surface area contributed by atoms with Gasteiger partial charge < -0.3 is 19.9 Å². The van der Waals surface area contributed by atoms with Gasteiger partial charge in [-0.3, -0.25) is 0 Å². The Morgan fingerprint density at radius 2 is 1.88 bits per heavy atom. The summed E-state index contributed by atoms with van der Waals surface area (Å²) in [5, 5.41) is 5.86. The maximum Gasteiger partial charge on any atom is 0.320 e. The molecule has 0 bridgehead atoms. The van der Waals surface area contributed by atoms with E-state index >= 15 is 0 Å². The molecule has 3 rings (SSSR count). The zero-order chi connectivity index (χ0) is 18.5. The van der Waals surface area contributed by atoms with Crippen LogP contribution in [-0.2, 0) is 7.05 Å². The van der Waals surface area contributed by atoms with Crippen molar-refractivity contribution in [3.8, 4) is 5.75 Å². The lowest BCUT2D eigenvalue weighted by atomic mass is 10.0. The number of aromatic nitrogens is 2. The molecule has 6 nitrogen and oxygen atoms in total. The highest BCUT2D eigenvalue weighted by atomic mass is 16.5. The molecule has 26 heavy (non-hydrogen) atoms. The zero-order valence-electron chi connectivity index (χ0n) is 15.1. The van der Waals surface area contributed by atoms with Gasteiger partial charge in [0.15, 0.2) is 0 Å². The van der Waals surface area contributed by atoms with Gasteiger partial charge in [0.1, 0.15) is 17.6 Å². The molecule has 134 valence electrons. The van der Waals surface area contributed by atoms with E-state index in [1.54, 1.807) is 13.3 Å². The Morgan fingerprint density at radius 3 is 2.54 bits per heavy atom. The van der Waals surface area contributed by atoms with Crippen LogP contribution in [-0.4, -0.2) is 22.7 Å². The Kier molecular flexibility index (Phi) is 5.22. The predicted octanol–water partition coefficient (Wildman–Crippen LogP) is 3.65. The minimum atomic E-state index is -0.448. The summed E-state index contributed by atoms with van der Waals surface area (Å²) in [6.45, 7) is 2.00. The molecule has 0 saturated carbocycles. The molecule has 1 heterocycles. The number of nitrogens with one attached hydrogen (secondary N) is 2. The molecule has 0 aliphatic rings. The van der Waals surface area contributed by atoms with Gasteiger partial charge in [0.05, 0.1) is 7.11 Å². The number of urea groups is 1. The molecular formula is C20H22N4O2. The summed E-state index contributed by atoms with van der Waals surface area (Å²) in [5.74, 6) is 1.41. The van der Waals surface area contributed by atoms with Crippen molar-refractivity contribution in [3.63, 3.8) is 0 Å². The molecule has 0 spiro atoms. The molecule has 0 aliphatic heterocycles. The molecule has 0 fully saturated rings. The second-order valence-corrected chi connectivity index (χ2v) is 6.04. The minimum Gasteiger partial charge on any atom is -0.496 e. The van der Waals surface area contributed by atoms with Gasteiger partial charge in [-0.25, -0.2) is 9.78 Å². The van der Waals surface area contributed by atoms with Crippen LogP contribution >= 0.6 is 0 Å². The third-order valence-corrected chi connectivity index (χ3v) is 4.15. The van der Waals surface area contributed by atoms with Crippen LogP contribution in [0.1, 0.15) is 23.0 Å². The zero-order valence-corrected chi connectivity index (χ0v) is 15.1. The van der Waals surface area contributed by atoms with Crippen molar-refractivity contribution in [1.29, 1.82) is 0 Å². The van der Waals surface area contributed by atoms with Crippen molar-refractivity contribution < 1.29 is 9.53 Å². The average Bonchev–Trinajstić information content (AvgIpc) is 3.07. The van der Waals surface area contributed by atoms with Gasteiger partial charge >= 0.3 is 6.03 Å². The van der Waals surface area contributed by atoms with Gasteiger partial charge in [-0.15, -0.1) is 0 Å². The standard InChI is InChI=1S/C20H22N4O2/c1-14-8-10-15(11-9-14)22-20(25)23-18(19-21-12-13-24(19)2)16-6-4-5-7-17(16)26-3/h4-13,18H,1-3H3,(H2,22,23,25)/t18-/m1/s1. The topological polar surface area (TPSA) is 68.2 Å². The number of hydrogen-bond donors (Lipinski definition) is 2. The highest BCUT2D eigenvalue weighted by molar-refractivity contribution is 5.89. The normalized spacial score (nSPS) is 11.7. The molecule has 0 unspecified atom stereocenters. The Bertz CT molecular complexity index is 887. The summed E-state index contributed by atoms with van der Waals surface area (Å²) < 4.78 is 7.35. The largest absolute Gasteiger partial charge is 0.496 e.